The topological polar surface area (TPSA) is 60.2 Å². The molecular formula is C9H10ClNO2S. The van der Waals surface area contributed by atoms with Crippen molar-refractivity contribution < 1.29 is 8.42 Å². The van der Waals surface area contributed by atoms with E-state index in [1.54, 1.807) is 12.1 Å². The fraction of sp³-hybridized carbons (Fsp3) is 0.333. The van der Waals surface area contributed by atoms with Gasteiger partial charge in [0.05, 0.1) is 5.25 Å². The molecule has 1 aliphatic rings. The third-order valence-electron chi connectivity index (χ3n) is 2.43. The second-order valence-electron chi connectivity index (χ2n) is 3.52. The molecule has 0 aromatic heterocycles. The third kappa shape index (κ3) is 1.92. The van der Waals surface area contributed by atoms with Crippen LogP contribution in [0.2, 0.25) is 5.02 Å². The van der Waals surface area contributed by atoms with Crippen LogP contribution in [0.25, 0.3) is 0 Å². The molecule has 2 rings (SSSR count). The van der Waals surface area contributed by atoms with E-state index in [4.69, 9.17) is 16.7 Å². The van der Waals surface area contributed by atoms with E-state index in [1.165, 1.54) is 0 Å². The van der Waals surface area contributed by atoms with Gasteiger partial charge in [0.1, 0.15) is 0 Å². The van der Waals surface area contributed by atoms with Gasteiger partial charge in [-0.3, -0.25) is 0 Å². The van der Waals surface area contributed by atoms with Gasteiger partial charge in [-0.2, -0.15) is 0 Å². The van der Waals surface area contributed by atoms with Crippen molar-refractivity contribution in [2.45, 2.75) is 17.6 Å². The molecule has 2 unspecified atom stereocenters. The molecule has 5 heteroatoms. The molecule has 0 spiro atoms. The van der Waals surface area contributed by atoms with E-state index in [9.17, 15) is 8.42 Å². The molecule has 1 fully saturated rings. The number of hydrogen-bond acceptors (Lipinski definition) is 2. The Hall–Kier alpha value is -0.580. The van der Waals surface area contributed by atoms with Crippen molar-refractivity contribution >= 4 is 21.6 Å². The van der Waals surface area contributed by atoms with Gasteiger partial charge in [-0.25, -0.2) is 13.6 Å². The molecule has 0 aliphatic heterocycles. The Morgan fingerprint density at radius 3 is 2.64 bits per heavy atom. The van der Waals surface area contributed by atoms with E-state index in [-0.39, 0.29) is 5.92 Å². The summed E-state index contributed by atoms with van der Waals surface area (Å²) < 4.78 is 22.0. The number of halogens is 1. The lowest BCUT2D eigenvalue weighted by Crippen LogP contribution is -2.18. The Morgan fingerprint density at radius 2 is 2.14 bits per heavy atom. The number of hydrogen-bond donors (Lipinski definition) is 1. The maximum atomic E-state index is 11.0. The summed E-state index contributed by atoms with van der Waals surface area (Å²) in [6.07, 6.45) is 0.610. The first-order valence-corrected chi connectivity index (χ1v) is 6.24. The second kappa shape index (κ2) is 3.22. The predicted octanol–water partition coefficient (Wildman–Crippen LogP) is 1.48. The van der Waals surface area contributed by atoms with Crippen molar-refractivity contribution in [2.24, 2.45) is 5.14 Å². The van der Waals surface area contributed by atoms with Crippen LogP contribution in [-0.4, -0.2) is 13.7 Å². The molecule has 0 radical (unpaired) electrons. The van der Waals surface area contributed by atoms with E-state index in [2.05, 4.69) is 0 Å². The molecule has 0 saturated heterocycles. The van der Waals surface area contributed by atoms with Crippen LogP contribution in [0, 0.1) is 0 Å². The van der Waals surface area contributed by atoms with Gasteiger partial charge in [-0.15, -0.1) is 0 Å². The number of sulfonamides is 1. The molecule has 3 nitrogen and oxygen atoms in total. The molecule has 1 aliphatic carbocycles. The molecule has 0 heterocycles. The maximum Gasteiger partial charge on any atom is 0.212 e. The zero-order chi connectivity index (χ0) is 10.3. The monoisotopic (exact) mass is 231 g/mol. The highest BCUT2D eigenvalue weighted by Gasteiger charge is 2.46. The third-order valence-corrected chi connectivity index (χ3v) is 4.03. The first-order chi connectivity index (χ1) is 6.48. The summed E-state index contributed by atoms with van der Waals surface area (Å²) in [5.41, 5.74) is 0.955. The average molecular weight is 232 g/mol. The normalized spacial score (nSPS) is 26.1. The molecule has 1 aromatic carbocycles. The van der Waals surface area contributed by atoms with Crippen LogP contribution in [0.4, 0.5) is 0 Å². The lowest BCUT2D eigenvalue weighted by atomic mass is 10.1. The van der Waals surface area contributed by atoms with Gasteiger partial charge in [0.2, 0.25) is 10.0 Å². The van der Waals surface area contributed by atoms with Crippen LogP contribution >= 0.6 is 11.6 Å². The van der Waals surface area contributed by atoms with Gasteiger partial charge < -0.3 is 0 Å². The SMILES string of the molecule is NS(=O)(=O)C1CC1c1cccc(Cl)c1. The highest BCUT2D eigenvalue weighted by molar-refractivity contribution is 7.90. The van der Waals surface area contributed by atoms with Crippen molar-refractivity contribution in [1.29, 1.82) is 0 Å². The number of rotatable bonds is 2. The van der Waals surface area contributed by atoms with Crippen LogP contribution in [0.15, 0.2) is 24.3 Å². The van der Waals surface area contributed by atoms with Gasteiger partial charge in [0.25, 0.3) is 0 Å². The van der Waals surface area contributed by atoms with Crippen molar-refractivity contribution in [2.75, 3.05) is 0 Å². The van der Waals surface area contributed by atoms with Crippen LogP contribution in [0.3, 0.4) is 0 Å². The fourth-order valence-corrected chi connectivity index (χ4v) is 2.91. The van der Waals surface area contributed by atoms with Gasteiger partial charge in [-0.05, 0) is 24.1 Å². The molecule has 76 valence electrons. The molecule has 1 saturated carbocycles. The van der Waals surface area contributed by atoms with Crippen LogP contribution in [0.5, 0.6) is 0 Å². The minimum atomic E-state index is -3.38. The molecule has 2 atom stereocenters. The lowest BCUT2D eigenvalue weighted by molar-refractivity contribution is 0.595. The quantitative estimate of drug-likeness (QED) is 0.838. The summed E-state index contributed by atoms with van der Waals surface area (Å²) >= 11 is 5.80. The van der Waals surface area contributed by atoms with Gasteiger partial charge in [-0.1, -0.05) is 23.7 Å². The summed E-state index contributed by atoms with van der Waals surface area (Å²) in [6.45, 7) is 0. The Balaban J connectivity index is 2.22. The average Bonchev–Trinajstić information content (AvgIpc) is 2.81. The molecule has 2 N–H and O–H groups in total. The molecule has 0 amide bonds. The smallest absolute Gasteiger partial charge is 0.212 e. The first kappa shape index (κ1) is 9.96. The first-order valence-electron chi connectivity index (χ1n) is 4.25. The number of primary sulfonamides is 1. The summed E-state index contributed by atoms with van der Waals surface area (Å²) in [4.78, 5) is 0. The van der Waals surface area contributed by atoms with E-state index in [0.29, 0.717) is 11.4 Å². The minimum Gasteiger partial charge on any atom is -0.228 e. The molecule has 14 heavy (non-hydrogen) atoms. The lowest BCUT2D eigenvalue weighted by Gasteiger charge is -1.99. The van der Waals surface area contributed by atoms with Crippen LogP contribution in [0.1, 0.15) is 17.9 Å². The Morgan fingerprint density at radius 1 is 1.43 bits per heavy atom. The van der Waals surface area contributed by atoms with E-state index >= 15 is 0 Å². The van der Waals surface area contributed by atoms with Crippen molar-refractivity contribution in [3.05, 3.63) is 34.9 Å². The summed E-state index contributed by atoms with van der Waals surface area (Å²) in [7, 11) is -3.38. The predicted molar refractivity (Wildman–Crippen MR) is 55.7 cm³/mol. The molecular weight excluding hydrogens is 222 g/mol. The van der Waals surface area contributed by atoms with Gasteiger partial charge >= 0.3 is 0 Å². The largest absolute Gasteiger partial charge is 0.228 e. The van der Waals surface area contributed by atoms with Crippen LogP contribution < -0.4 is 5.14 Å². The summed E-state index contributed by atoms with van der Waals surface area (Å²) in [5, 5.41) is 5.26. The maximum absolute atomic E-state index is 11.0. The van der Waals surface area contributed by atoms with Crippen LogP contribution in [-0.2, 0) is 10.0 Å². The van der Waals surface area contributed by atoms with Gasteiger partial charge in [0, 0.05) is 10.9 Å². The highest BCUT2D eigenvalue weighted by atomic mass is 35.5. The van der Waals surface area contributed by atoms with E-state index in [1.807, 2.05) is 12.1 Å². The molecule has 1 aromatic rings. The Labute approximate surface area is 87.9 Å². The van der Waals surface area contributed by atoms with E-state index < -0.39 is 15.3 Å². The summed E-state index contributed by atoms with van der Waals surface area (Å²) in [6, 6.07) is 7.24. The van der Waals surface area contributed by atoms with E-state index in [0.717, 1.165) is 5.56 Å². The number of benzene rings is 1. The van der Waals surface area contributed by atoms with Crippen molar-refractivity contribution in [3.63, 3.8) is 0 Å². The zero-order valence-corrected chi connectivity index (χ0v) is 8.92. The minimum absolute atomic E-state index is 0.0312. The standard InChI is InChI=1S/C9H10ClNO2S/c10-7-3-1-2-6(4-7)8-5-9(8)14(11,12)13/h1-4,8-9H,5H2,(H2,11,12,13). The second-order valence-corrected chi connectivity index (χ2v) is 5.74. The van der Waals surface area contributed by atoms with Gasteiger partial charge in [0.15, 0.2) is 0 Å². The van der Waals surface area contributed by atoms with Crippen molar-refractivity contribution in [1.82, 2.24) is 0 Å². The van der Waals surface area contributed by atoms with Crippen molar-refractivity contribution in [3.8, 4) is 0 Å². The Kier molecular flexibility index (Phi) is 2.29. The number of nitrogens with two attached hydrogens (primary N) is 1. The fourth-order valence-electron chi connectivity index (χ4n) is 1.62. The zero-order valence-electron chi connectivity index (χ0n) is 7.35. The molecule has 0 bridgehead atoms. The Bertz CT molecular complexity index is 458. The highest BCUT2D eigenvalue weighted by Crippen LogP contribution is 2.45. The summed E-state index contributed by atoms with van der Waals surface area (Å²) in [5.74, 6) is 0.0312.